The molecular weight excluding hydrogens is 1070 g/mol. The van der Waals surface area contributed by atoms with Gasteiger partial charge in [-0.3, -0.25) is 14.4 Å². The molecule has 3 N–H and O–H groups in total. The van der Waals surface area contributed by atoms with Gasteiger partial charge in [0.1, 0.15) is 18.8 Å². The Kier molecular flexibility index (Phi) is 55.5. The molecule has 0 aromatic rings. The van der Waals surface area contributed by atoms with Gasteiger partial charge in [0.2, 0.25) is 0 Å². The molecule has 1 saturated heterocycles. The van der Waals surface area contributed by atoms with E-state index in [-0.39, 0.29) is 25.9 Å². The molecule has 0 spiro atoms. The first kappa shape index (κ1) is 78.7. The number of esters is 3. The number of rotatable bonds is 58. The van der Waals surface area contributed by atoms with E-state index in [4.69, 9.17) is 23.7 Å². The second-order valence-corrected chi connectivity index (χ2v) is 23.1. The van der Waals surface area contributed by atoms with E-state index in [2.05, 4.69) is 118 Å². The molecule has 1 heterocycles. The lowest BCUT2D eigenvalue weighted by Crippen LogP contribution is -2.61. The van der Waals surface area contributed by atoms with Crippen LogP contribution in [0.15, 0.2) is 97.2 Å². The minimum atomic E-state index is -1.92. The zero-order chi connectivity index (χ0) is 61.7. The van der Waals surface area contributed by atoms with E-state index >= 15 is 0 Å². The lowest BCUT2D eigenvalue weighted by molar-refractivity contribution is -0.301. The molecule has 12 nitrogen and oxygen atoms in total. The maximum atomic E-state index is 13.2. The molecule has 1 rings (SSSR count). The van der Waals surface area contributed by atoms with Crippen molar-refractivity contribution in [3.8, 4) is 0 Å². The number of carbonyl (C=O) groups is 4. The summed E-state index contributed by atoms with van der Waals surface area (Å²) in [5.41, 5.74) is 0. The minimum absolute atomic E-state index is 0.0449. The van der Waals surface area contributed by atoms with Gasteiger partial charge in [-0.2, -0.15) is 0 Å². The van der Waals surface area contributed by atoms with E-state index in [0.29, 0.717) is 19.3 Å². The largest absolute Gasteiger partial charge is 0.479 e. The Balaban J connectivity index is 2.68. The van der Waals surface area contributed by atoms with Crippen molar-refractivity contribution in [2.75, 3.05) is 13.2 Å². The van der Waals surface area contributed by atoms with Crippen LogP contribution in [0.5, 0.6) is 0 Å². The van der Waals surface area contributed by atoms with Crippen LogP contribution in [0.2, 0.25) is 0 Å². The Morgan fingerprint density at radius 3 is 1.18 bits per heavy atom. The van der Waals surface area contributed by atoms with Gasteiger partial charge in [-0.25, -0.2) is 4.79 Å². The van der Waals surface area contributed by atoms with Crippen LogP contribution in [0.25, 0.3) is 0 Å². The molecule has 1 aliphatic heterocycles. The van der Waals surface area contributed by atoms with E-state index in [1.54, 1.807) is 0 Å². The smallest absolute Gasteiger partial charge is 0.335 e. The first-order valence-electron chi connectivity index (χ1n) is 34.2. The van der Waals surface area contributed by atoms with Gasteiger partial charge in [0.15, 0.2) is 24.6 Å². The highest BCUT2D eigenvalue weighted by atomic mass is 16.7. The highest BCUT2D eigenvalue weighted by Gasteiger charge is 2.50. The van der Waals surface area contributed by atoms with Crippen molar-refractivity contribution in [1.82, 2.24) is 0 Å². The molecule has 0 radical (unpaired) electrons. The van der Waals surface area contributed by atoms with Gasteiger partial charge in [0, 0.05) is 19.3 Å². The molecule has 6 unspecified atom stereocenters. The van der Waals surface area contributed by atoms with E-state index < -0.39 is 67.3 Å². The number of ether oxygens (including phenoxy) is 5. The van der Waals surface area contributed by atoms with Crippen molar-refractivity contribution in [2.45, 2.75) is 327 Å². The average molecular weight is 1190 g/mol. The first-order valence-corrected chi connectivity index (χ1v) is 34.2. The number of aliphatic hydroxyl groups excluding tert-OH is 2. The van der Waals surface area contributed by atoms with Crippen molar-refractivity contribution < 1.29 is 58.2 Å². The fraction of sp³-hybridized carbons (Fsp3) is 0.726. The van der Waals surface area contributed by atoms with Gasteiger partial charge >= 0.3 is 23.9 Å². The first-order chi connectivity index (χ1) is 41.6. The quantitative estimate of drug-likeness (QED) is 0.0228. The number of carbonyl (C=O) groups excluding carboxylic acids is 3. The number of unbranched alkanes of at least 4 members (excludes halogenated alkanes) is 28. The fourth-order valence-corrected chi connectivity index (χ4v) is 9.89. The van der Waals surface area contributed by atoms with E-state index in [0.717, 1.165) is 141 Å². The number of carboxylic acids is 1. The van der Waals surface area contributed by atoms with Crippen LogP contribution in [0, 0.1) is 0 Å². The standard InChI is InChI=1S/C73H122O12/c1-4-7-10-13-16-19-22-25-28-31-33-36-38-41-44-47-50-53-56-59-65(74)81-62-64(83-66(75)60-57-54-51-48-45-42-40-37-34-32-29-26-23-20-17-14-11-8-5-2)63-82-73-71(69(78)68(77)70(85-73)72(79)80)84-67(76)61-58-55-52-49-46-43-39-35-30-27-24-21-18-15-12-9-6-3/h7,10,16,18-19,21,25-30,33,36,41,44,64,68-71,73,77-78H,4-6,8-9,11-15,17,20,22-24,31-32,34-35,37-40,42-43,45-63H2,1-3H3,(H,79,80)/b10-7-,19-16-,21-18-,28-25-,29-26-,30-27-,36-33-,44-41-. The fourth-order valence-electron chi connectivity index (χ4n) is 9.89. The maximum Gasteiger partial charge on any atom is 0.335 e. The lowest BCUT2D eigenvalue weighted by atomic mass is 9.98. The summed E-state index contributed by atoms with van der Waals surface area (Å²) < 4.78 is 28.6. The third-order valence-electron chi connectivity index (χ3n) is 15.1. The highest BCUT2D eigenvalue weighted by Crippen LogP contribution is 2.27. The van der Waals surface area contributed by atoms with Crippen molar-refractivity contribution in [1.29, 1.82) is 0 Å². The molecule has 486 valence electrons. The number of hydrogen-bond acceptors (Lipinski definition) is 11. The van der Waals surface area contributed by atoms with Gasteiger partial charge in [0.25, 0.3) is 0 Å². The Hall–Kier alpha value is -4.36. The van der Waals surface area contributed by atoms with Gasteiger partial charge in [-0.1, -0.05) is 246 Å². The van der Waals surface area contributed by atoms with E-state index in [1.807, 2.05) is 0 Å². The minimum Gasteiger partial charge on any atom is -0.479 e. The normalized spacial score (nSPS) is 18.1. The number of aliphatic carboxylic acids is 1. The van der Waals surface area contributed by atoms with E-state index in [9.17, 15) is 34.5 Å². The Bertz CT molecular complexity index is 1840. The molecule has 1 fully saturated rings. The Labute approximate surface area is 517 Å². The average Bonchev–Trinajstić information content (AvgIpc) is 3.46. The van der Waals surface area contributed by atoms with Gasteiger partial charge < -0.3 is 39.0 Å². The van der Waals surface area contributed by atoms with Crippen molar-refractivity contribution in [2.24, 2.45) is 0 Å². The molecule has 0 aliphatic carbocycles. The van der Waals surface area contributed by atoms with Crippen LogP contribution in [0.4, 0.5) is 0 Å². The zero-order valence-corrected chi connectivity index (χ0v) is 53.8. The van der Waals surface area contributed by atoms with Crippen LogP contribution in [-0.2, 0) is 42.9 Å². The van der Waals surface area contributed by atoms with Crippen molar-refractivity contribution in [3.05, 3.63) is 97.2 Å². The third kappa shape index (κ3) is 49.3. The van der Waals surface area contributed by atoms with Crippen LogP contribution >= 0.6 is 0 Å². The van der Waals surface area contributed by atoms with Crippen LogP contribution in [0.3, 0.4) is 0 Å². The maximum absolute atomic E-state index is 13.2. The zero-order valence-electron chi connectivity index (χ0n) is 53.8. The topological polar surface area (TPSA) is 175 Å². The molecular formula is C73H122O12. The summed E-state index contributed by atoms with van der Waals surface area (Å²) in [5, 5.41) is 31.6. The second-order valence-electron chi connectivity index (χ2n) is 23.1. The van der Waals surface area contributed by atoms with Crippen molar-refractivity contribution in [3.63, 3.8) is 0 Å². The third-order valence-corrected chi connectivity index (χ3v) is 15.1. The molecule has 0 aromatic heterocycles. The molecule has 0 amide bonds. The number of aliphatic hydroxyl groups is 2. The molecule has 0 aromatic carbocycles. The number of allylic oxidation sites excluding steroid dienone is 16. The highest BCUT2D eigenvalue weighted by molar-refractivity contribution is 5.74. The summed E-state index contributed by atoms with van der Waals surface area (Å²) in [7, 11) is 0. The monoisotopic (exact) mass is 1190 g/mol. The van der Waals surface area contributed by atoms with Crippen LogP contribution in [0.1, 0.15) is 290 Å². The summed E-state index contributed by atoms with van der Waals surface area (Å²) in [5.74, 6) is -3.17. The summed E-state index contributed by atoms with van der Waals surface area (Å²) in [6, 6.07) is 0. The van der Waals surface area contributed by atoms with Gasteiger partial charge in [-0.05, 0) is 122 Å². The van der Waals surface area contributed by atoms with Gasteiger partial charge in [0.05, 0.1) is 6.61 Å². The summed E-state index contributed by atoms with van der Waals surface area (Å²) >= 11 is 0. The summed E-state index contributed by atoms with van der Waals surface area (Å²) in [6.07, 6.45) is 67.8. The Morgan fingerprint density at radius 2 is 0.741 bits per heavy atom. The molecule has 1 aliphatic rings. The van der Waals surface area contributed by atoms with Gasteiger partial charge in [-0.15, -0.1) is 0 Å². The second kappa shape index (κ2) is 59.9. The summed E-state index contributed by atoms with van der Waals surface area (Å²) in [4.78, 5) is 51.4. The molecule has 85 heavy (non-hydrogen) atoms. The van der Waals surface area contributed by atoms with Crippen LogP contribution in [-0.4, -0.2) is 89.2 Å². The van der Waals surface area contributed by atoms with E-state index in [1.165, 1.54) is 89.9 Å². The lowest BCUT2D eigenvalue weighted by Gasteiger charge is -2.40. The predicted octanol–water partition coefficient (Wildman–Crippen LogP) is 18.8. The number of carboxylic acid groups (broad SMARTS) is 1. The SMILES string of the molecule is CC/C=C\C/C=C\C/C=C\C/C=C\C/C=C\CCCCCC(=O)OCC(COC1OC(C(=O)O)C(O)C(O)C1OC(=O)CCCCCCCCC/C=C\C/C=C\CCCCC)OC(=O)CCCCCCCCCCC/C=C\CCCCCCCC. The predicted molar refractivity (Wildman–Crippen MR) is 349 cm³/mol. The molecule has 12 heteroatoms. The summed E-state index contributed by atoms with van der Waals surface area (Å²) in [6.45, 7) is 5.85. The molecule has 0 saturated carbocycles. The van der Waals surface area contributed by atoms with Crippen LogP contribution < -0.4 is 0 Å². The van der Waals surface area contributed by atoms with Crippen molar-refractivity contribution >= 4 is 23.9 Å². The molecule has 6 atom stereocenters. The Morgan fingerprint density at radius 1 is 0.400 bits per heavy atom. The number of hydrogen-bond donors (Lipinski definition) is 3. The molecule has 0 bridgehead atoms.